The van der Waals surface area contributed by atoms with E-state index in [9.17, 15) is 4.79 Å². The van der Waals surface area contributed by atoms with Crippen molar-refractivity contribution in [2.75, 3.05) is 6.54 Å². The van der Waals surface area contributed by atoms with Crippen molar-refractivity contribution in [3.05, 3.63) is 71.3 Å². The van der Waals surface area contributed by atoms with Crippen LogP contribution >= 0.6 is 12.4 Å². The Hall–Kier alpha value is -1.84. The van der Waals surface area contributed by atoms with E-state index in [4.69, 9.17) is 0 Å². The molecule has 2 fully saturated rings. The molecule has 5 rings (SSSR count). The van der Waals surface area contributed by atoms with E-state index in [1.54, 1.807) is 0 Å². The predicted octanol–water partition coefficient (Wildman–Crippen LogP) is 5.26. The van der Waals surface area contributed by atoms with Crippen molar-refractivity contribution in [2.45, 2.75) is 76.5 Å². The molecule has 31 heavy (non-hydrogen) atoms. The fourth-order valence-corrected chi connectivity index (χ4v) is 6.28. The maximum Gasteiger partial charge on any atom is 0.222 e. The Kier molecular flexibility index (Phi) is 7.03. The molecule has 0 spiro atoms. The lowest BCUT2D eigenvalue weighted by molar-refractivity contribution is -0.134. The first kappa shape index (κ1) is 22.4. The molecular weight excluding hydrogens is 404 g/mol. The molecule has 2 unspecified atom stereocenters. The fraction of sp³-hybridized carbons (Fsp3) is 0.519. The zero-order chi connectivity index (χ0) is 20.5. The molecule has 2 saturated heterocycles. The molecular formula is C27H35ClN2O. The first-order valence-electron chi connectivity index (χ1n) is 11.9. The van der Waals surface area contributed by atoms with Crippen LogP contribution in [-0.4, -0.2) is 40.4 Å². The maximum absolute atomic E-state index is 12.9. The summed E-state index contributed by atoms with van der Waals surface area (Å²) in [6.07, 6.45) is 7.82. The lowest BCUT2D eigenvalue weighted by Gasteiger charge is -2.41. The molecule has 0 saturated carbocycles. The second-order valence-corrected chi connectivity index (χ2v) is 9.61. The van der Waals surface area contributed by atoms with Crippen LogP contribution in [0, 0.1) is 5.92 Å². The number of hydrogen-bond donors (Lipinski definition) is 0. The van der Waals surface area contributed by atoms with Gasteiger partial charge >= 0.3 is 0 Å². The van der Waals surface area contributed by atoms with Gasteiger partial charge < -0.3 is 4.90 Å². The highest BCUT2D eigenvalue weighted by Crippen LogP contribution is 2.40. The van der Waals surface area contributed by atoms with Crippen LogP contribution in [0.25, 0.3) is 0 Å². The maximum atomic E-state index is 12.9. The number of piperidine rings is 1. The van der Waals surface area contributed by atoms with Crippen LogP contribution in [0.15, 0.2) is 54.6 Å². The first-order valence-corrected chi connectivity index (χ1v) is 11.9. The van der Waals surface area contributed by atoms with Crippen LogP contribution < -0.4 is 0 Å². The molecule has 2 heterocycles. The summed E-state index contributed by atoms with van der Waals surface area (Å²) in [5, 5.41) is 0. The quantitative estimate of drug-likeness (QED) is 0.614. The summed E-state index contributed by atoms with van der Waals surface area (Å²) in [4.78, 5) is 17.9. The Morgan fingerprint density at radius 3 is 2.10 bits per heavy atom. The molecule has 3 aliphatic rings. The van der Waals surface area contributed by atoms with Gasteiger partial charge in [-0.1, -0.05) is 61.5 Å². The van der Waals surface area contributed by atoms with Gasteiger partial charge in [0.2, 0.25) is 5.91 Å². The van der Waals surface area contributed by atoms with Crippen molar-refractivity contribution >= 4 is 18.3 Å². The molecule has 2 aromatic rings. The highest BCUT2D eigenvalue weighted by atomic mass is 35.5. The van der Waals surface area contributed by atoms with Gasteiger partial charge in [-0.25, -0.2) is 0 Å². The number of amides is 1. The molecule has 0 N–H and O–H groups in total. The fourth-order valence-electron chi connectivity index (χ4n) is 6.28. The standard InChI is InChI=1S/C27H34N2O.ClH/c1-2-27(30)29(26-16-22-10-6-7-11-23(22)17-26)19-21-14-24-12-13-25(15-21)28(24)18-20-8-4-3-5-9-20;/h3-11,21,24-26H,2,12-19H2,1H3;1H. The number of benzene rings is 2. The lowest BCUT2D eigenvalue weighted by Crippen LogP contribution is -2.48. The highest BCUT2D eigenvalue weighted by Gasteiger charge is 2.42. The topological polar surface area (TPSA) is 23.6 Å². The molecule has 1 amide bonds. The minimum absolute atomic E-state index is 0. The predicted molar refractivity (Wildman–Crippen MR) is 128 cm³/mol. The van der Waals surface area contributed by atoms with Gasteiger partial charge in [0.25, 0.3) is 0 Å². The zero-order valence-corrected chi connectivity index (χ0v) is 19.4. The van der Waals surface area contributed by atoms with E-state index in [1.807, 2.05) is 6.92 Å². The Labute approximate surface area is 193 Å². The van der Waals surface area contributed by atoms with Crippen molar-refractivity contribution in [3.8, 4) is 0 Å². The molecule has 166 valence electrons. The number of carbonyl (C=O) groups excluding carboxylic acids is 1. The first-order chi connectivity index (χ1) is 14.7. The summed E-state index contributed by atoms with van der Waals surface area (Å²) in [6, 6.07) is 21.4. The van der Waals surface area contributed by atoms with Crippen molar-refractivity contribution in [1.82, 2.24) is 9.80 Å². The largest absolute Gasteiger partial charge is 0.339 e. The normalized spacial score (nSPS) is 25.1. The number of halogens is 1. The minimum Gasteiger partial charge on any atom is -0.339 e. The van der Waals surface area contributed by atoms with Crippen molar-refractivity contribution in [1.29, 1.82) is 0 Å². The Bertz CT molecular complexity index is 847. The van der Waals surface area contributed by atoms with Crippen LogP contribution in [0.5, 0.6) is 0 Å². The average molecular weight is 439 g/mol. The van der Waals surface area contributed by atoms with Gasteiger partial charge in [0.15, 0.2) is 0 Å². The van der Waals surface area contributed by atoms with Crippen LogP contribution in [0.2, 0.25) is 0 Å². The van der Waals surface area contributed by atoms with E-state index in [-0.39, 0.29) is 12.4 Å². The third-order valence-corrected chi connectivity index (χ3v) is 7.74. The summed E-state index contributed by atoms with van der Waals surface area (Å²) in [6.45, 7) is 4.06. The lowest BCUT2D eigenvalue weighted by atomic mass is 9.89. The van der Waals surface area contributed by atoms with Gasteiger partial charge in [-0.05, 0) is 61.1 Å². The summed E-state index contributed by atoms with van der Waals surface area (Å²) in [5.41, 5.74) is 4.31. The smallest absolute Gasteiger partial charge is 0.222 e. The van der Waals surface area contributed by atoms with Gasteiger partial charge in [0.1, 0.15) is 0 Å². The molecule has 4 heteroatoms. The van der Waals surface area contributed by atoms with Crippen molar-refractivity contribution < 1.29 is 4.79 Å². The van der Waals surface area contributed by atoms with E-state index in [1.165, 1.54) is 42.4 Å². The van der Waals surface area contributed by atoms with Crippen LogP contribution in [0.4, 0.5) is 0 Å². The molecule has 2 atom stereocenters. The molecule has 3 nitrogen and oxygen atoms in total. The second kappa shape index (κ2) is 9.75. The van der Waals surface area contributed by atoms with Gasteiger partial charge in [0, 0.05) is 37.6 Å². The van der Waals surface area contributed by atoms with Gasteiger partial charge in [-0.2, -0.15) is 0 Å². The SMILES string of the molecule is CCC(=O)N(CC1CC2CCC(C1)N2Cc1ccccc1)C1Cc2ccccc2C1.Cl. The van der Waals surface area contributed by atoms with Gasteiger partial charge in [0.05, 0.1) is 0 Å². The third-order valence-electron chi connectivity index (χ3n) is 7.74. The van der Waals surface area contributed by atoms with E-state index in [0.717, 1.165) is 25.9 Å². The van der Waals surface area contributed by atoms with Gasteiger partial charge in [-0.3, -0.25) is 9.69 Å². The molecule has 2 bridgehead atoms. The van der Waals surface area contributed by atoms with E-state index in [0.29, 0.717) is 36.4 Å². The monoisotopic (exact) mass is 438 g/mol. The van der Waals surface area contributed by atoms with Crippen molar-refractivity contribution in [2.24, 2.45) is 5.92 Å². The average Bonchev–Trinajstić information content (AvgIpc) is 3.29. The van der Waals surface area contributed by atoms with E-state index < -0.39 is 0 Å². The van der Waals surface area contributed by atoms with E-state index in [2.05, 4.69) is 64.4 Å². The number of nitrogens with zero attached hydrogens (tertiary/aromatic N) is 2. The molecule has 0 aromatic heterocycles. The number of rotatable bonds is 6. The Balaban J connectivity index is 0.00000231. The molecule has 2 aliphatic heterocycles. The summed E-state index contributed by atoms with van der Waals surface area (Å²) < 4.78 is 0. The molecule has 2 aromatic carbocycles. The number of fused-ring (bicyclic) bond motifs is 3. The summed E-state index contributed by atoms with van der Waals surface area (Å²) in [5.74, 6) is 0.987. The van der Waals surface area contributed by atoms with E-state index >= 15 is 0 Å². The molecule has 1 aliphatic carbocycles. The zero-order valence-electron chi connectivity index (χ0n) is 18.6. The summed E-state index contributed by atoms with van der Waals surface area (Å²) in [7, 11) is 0. The number of hydrogen-bond acceptors (Lipinski definition) is 2. The van der Waals surface area contributed by atoms with Crippen LogP contribution in [-0.2, 0) is 24.2 Å². The van der Waals surface area contributed by atoms with Crippen molar-refractivity contribution in [3.63, 3.8) is 0 Å². The number of carbonyl (C=O) groups is 1. The Morgan fingerprint density at radius 1 is 0.935 bits per heavy atom. The Morgan fingerprint density at radius 2 is 1.52 bits per heavy atom. The minimum atomic E-state index is 0. The highest BCUT2D eigenvalue weighted by molar-refractivity contribution is 5.85. The van der Waals surface area contributed by atoms with Gasteiger partial charge in [-0.15, -0.1) is 12.4 Å². The van der Waals surface area contributed by atoms with Crippen LogP contribution in [0.1, 0.15) is 55.7 Å². The second-order valence-electron chi connectivity index (χ2n) is 9.61. The summed E-state index contributed by atoms with van der Waals surface area (Å²) >= 11 is 0. The third kappa shape index (κ3) is 4.68. The van der Waals surface area contributed by atoms with Crippen LogP contribution in [0.3, 0.4) is 0 Å². The molecule has 0 radical (unpaired) electrons.